The minimum atomic E-state index is -1.01. The summed E-state index contributed by atoms with van der Waals surface area (Å²) in [5.41, 5.74) is 4.15. The van der Waals surface area contributed by atoms with Gasteiger partial charge in [-0.2, -0.15) is 0 Å². The van der Waals surface area contributed by atoms with E-state index in [1.54, 1.807) is 11.8 Å². The third-order valence-electron chi connectivity index (χ3n) is 10.1. The molecule has 0 saturated carbocycles. The normalized spacial score (nSPS) is 19.1. The summed E-state index contributed by atoms with van der Waals surface area (Å²) in [6, 6.07) is 32.0. The molecule has 276 valence electrons. The fraction of sp³-hybridized carbons (Fsp3) is 0.381. The lowest BCUT2D eigenvalue weighted by molar-refractivity contribution is -0.150. The third-order valence-corrected chi connectivity index (χ3v) is 11.7. The minimum Gasteiger partial charge on any atom is -0.494 e. The van der Waals surface area contributed by atoms with Crippen molar-refractivity contribution in [2.24, 2.45) is 0 Å². The van der Waals surface area contributed by atoms with Crippen LogP contribution >= 0.6 is 11.8 Å². The summed E-state index contributed by atoms with van der Waals surface area (Å²) in [4.78, 5) is 16.7. The van der Waals surface area contributed by atoms with E-state index in [0.717, 1.165) is 45.9 Å². The van der Waals surface area contributed by atoms with Gasteiger partial charge in [-0.15, -0.1) is 16.9 Å². The Bertz CT molecular complexity index is 1930. The van der Waals surface area contributed by atoms with E-state index >= 15 is 0 Å². The van der Waals surface area contributed by atoms with Crippen LogP contribution in [0, 0.1) is 0 Å². The molecule has 10 nitrogen and oxygen atoms in total. The van der Waals surface area contributed by atoms with E-state index in [1.807, 2.05) is 66.8 Å². The number of β-lactam (4-membered cyclic amide) rings is 1. The SMILES string of the molecule is CCOc1cccc(C(NC2C(=O)N3C(c4nnnn4Cc4ccc(CC)cc4)C(C)(C)S[C@H]23)(c2cccc(OCC)c2)c2cccc(OCC)c2)c1. The van der Waals surface area contributed by atoms with Gasteiger partial charge >= 0.3 is 0 Å². The van der Waals surface area contributed by atoms with E-state index in [1.165, 1.54) is 5.56 Å². The number of aromatic nitrogens is 4. The van der Waals surface area contributed by atoms with Crippen LogP contribution in [0.5, 0.6) is 17.2 Å². The highest BCUT2D eigenvalue weighted by atomic mass is 32.2. The van der Waals surface area contributed by atoms with Gasteiger partial charge in [0.2, 0.25) is 5.91 Å². The van der Waals surface area contributed by atoms with E-state index in [-0.39, 0.29) is 22.1 Å². The molecule has 2 unspecified atom stereocenters. The van der Waals surface area contributed by atoms with Gasteiger partial charge in [0.1, 0.15) is 34.7 Å². The molecule has 1 N–H and O–H groups in total. The molecular weight excluding hydrogens is 685 g/mol. The number of amides is 1. The second-order valence-electron chi connectivity index (χ2n) is 13.9. The van der Waals surface area contributed by atoms with Crippen molar-refractivity contribution in [3.8, 4) is 17.2 Å². The lowest BCUT2D eigenvalue weighted by Gasteiger charge is -2.49. The molecule has 7 rings (SSSR count). The van der Waals surface area contributed by atoms with Crippen LogP contribution in [0.25, 0.3) is 0 Å². The molecule has 1 amide bonds. The molecule has 2 saturated heterocycles. The Morgan fingerprint density at radius 2 is 1.26 bits per heavy atom. The largest absolute Gasteiger partial charge is 0.494 e. The second kappa shape index (κ2) is 15.2. The summed E-state index contributed by atoms with van der Waals surface area (Å²) in [6.45, 7) is 14.5. The smallest absolute Gasteiger partial charge is 0.244 e. The van der Waals surface area contributed by atoms with Crippen LogP contribution < -0.4 is 19.5 Å². The van der Waals surface area contributed by atoms with Gasteiger partial charge in [0.15, 0.2) is 5.82 Å². The van der Waals surface area contributed by atoms with Crippen LogP contribution in [0.15, 0.2) is 97.1 Å². The number of nitrogens with zero attached hydrogens (tertiary/aromatic N) is 5. The molecule has 2 aliphatic heterocycles. The van der Waals surface area contributed by atoms with E-state index in [9.17, 15) is 4.79 Å². The van der Waals surface area contributed by atoms with E-state index in [4.69, 9.17) is 14.2 Å². The first-order chi connectivity index (χ1) is 25.7. The van der Waals surface area contributed by atoms with Crippen molar-refractivity contribution in [3.63, 3.8) is 0 Å². The molecule has 4 aromatic carbocycles. The monoisotopic (exact) mass is 732 g/mol. The Kier molecular flexibility index (Phi) is 10.5. The number of benzene rings is 4. The highest BCUT2D eigenvalue weighted by Gasteiger charge is 2.64. The molecule has 0 aliphatic carbocycles. The fourth-order valence-electron chi connectivity index (χ4n) is 7.68. The standard InChI is InChI=1S/C42H48N6O4S/c1-7-28-20-22-29(23-21-28)27-47-38(44-45-46-47)37-41(5,6)53-40-36(39(49)48(37)40)43-42(30-14-11-17-33(24-30)50-8-2,31-15-12-18-34(25-31)51-9-3)32-16-13-19-35(26-32)52-10-4/h11-26,36-37,40,43H,7-10,27H2,1-6H3/t36?,37?,40-/m1/s1. The zero-order valence-electron chi connectivity index (χ0n) is 31.3. The summed E-state index contributed by atoms with van der Waals surface area (Å²) < 4.78 is 19.6. The maximum atomic E-state index is 14.8. The highest BCUT2D eigenvalue weighted by Crippen LogP contribution is 2.58. The number of fused-ring (bicyclic) bond motifs is 1. The van der Waals surface area contributed by atoms with E-state index in [2.05, 4.69) is 102 Å². The van der Waals surface area contributed by atoms with Gasteiger partial charge in [0, 0.05) is 4.75 Å². The van der Waals surface area contributed by atoms with Crippen molar-refractivity contribution >= 4 is 17.7 Å². The molecule has 2 aliphatic rings. The highest BCUT2D eigenvalue weighted by molar-refractivity contribution is 8.01. The summed E-state index contributed by atoms with van der Waals surface area (Å²) in [6.07, 6.45) is 0.979. The van der Waals surface area contributed by atoms with Crippen molar-refractivity contribution in [1.29, 1.82) is 0 Å². The Morgan fingerprint density at radius 3 is 1.75 bits per heavy atom. The predicted molar refractivity (Wildman–Crippen MR) is 207 cm³/mol. The van der Waals surface area contributed by atoms with Crippen molar-refractivity contribution in [2.45, 2.75) is 82.3 Å². The average molecular weight is 733 g/mol. The average Bonchev–Trinajstić information content (AvgIpc) is 3.71. The fourth-order valence-corrected chi connectivity index (χ4v) is 9.31. The molecule has 0 bridgehead atoms. The van der Waals surface area contributed by atoms with Gasteiger partial charge in [-0.25, -0.2) is 4.68 Å². The van der Waals surface area contributed by atoms with Gasteiger partial charge in [0.05, 0.1) is 31.9 Å². The lowest BCUT2D eigenvalue weighted by atomic mass is 9.75. The number of rotatable bonds is 15. The third kappa shape index (κ3) is 6.88. The van der Waals surface area contributed by atoms with Gasteiger partial charge in [-0.1, -0.05) is 67.6 Å². The van der Waals surface area contributed by atoms with Crippen molar-refractivity contribution in [1.82, 2.24) is 30.4 Å². The number of thioether (sulfide) groups is 1. The first kappa shape index (κ1) is 36.5. The Balaban J connectivity index is 1.31. The van der Waals surface area contributed by atoms with Crippen LogP contribution in [-0.2, 0) is 23.3 Å². The molecule has 0 spiro atoms. The van der Waals surface area contributed by atoms with E-state index < -0.39 is 11.6 Å². The first-order valence-electron chi connectivity index (χ1n) is 18.5. The molecule has 3 heterocycles. The first-order valence-corrected chi connectivity index (χ1v) is 19.4. The summed E-state index contributed by atoms with van der Waals surface area (Å²) >= 11 is 1.78. The molecule has 2 fully saturated rings. The zero-order chi connectivity index (χ0) is 37.2. The molecule has 0 radical (unpaired) electrons. The van der Waals surface area contributed by atoms with Gasteiger partial charge in [-0.05, 0) is 116 Å². The maximum Gasteiger partial charge on any atom is 0.244 e. The molecule has 5 aromatic rings. The summed E-state index contributed by atoms with van der Waals surface area (Å²) in [7, 11) is 0. The zero-order valence-corrected chi connectivity index (χ0v) is 32.1. The minimum absolute atomic E-state index is 0.00723. The molecule has 3 atom stereocenters. The second-order valence-corrected chi connectivity index (χ2v) is 15.7. The van der Waals surface area contributed by atoms with Crippen LogP contribution in [0.1, 0.15) is 81.2 Å². The lowest BCUT2D eigenvalue weighted by Crippen LogP contribution is -2.70. The topological polar surface area (TPSA) is 104 Å². The number of hydrogen-bond acceptors (Lipinski definition) is 9. The number of carbonyl (C=O) groups excluding carboxylic acids is 1. The molecule has 1 aromatic heterocycles. The number of nitrogens with one attached hydrogen (secondary N) is 1. The van der Waals surface area contributed by atoms with Crippen LogP contribution in [0.2, 0.25) is 0 Å². The number of ether oxygens (including phenoxy) is 3. The summed E-state index contributed by atoms with van der Waals surface area (Å²) in [5, 5.41) is 16.8. The molecule has 11 heteroatoms. The number of hydrogen-bond donors (Lipinski definition) is 1. The van der Waals surface area contributed by atoms with Crippen molar-refractivity contribution in [2.75, 3.05) is 19.8 Å². The van der Waals surface area contributed by atoms with Crippen molar-refractivity contribution < 1.29 is 19.0 Å². The van der Waals surface area contributed by atoms with Crippen molar-refractivity contribution in [3.05, 3.63) is 131 Å². The number of tetrazole rings is 1. The molecule has 53 heavy (non-hydrogen) atoms. The quantitative estimate of drug-likeness (QED) is 0.0887. The maximum absolute atomic E-state index is 14.8. The Hall–Kier alpha value is -4.87. The van der Waals surface area contributed by atoms with Crippen LogP contribution in [-0.4, -0.2) is 67.0 Å². The molecular formula is C42H48N6O4S. The van der Waals surface area contributed by atoms with Gasteiger partial charge in [0.25, 0.3) is 0 Å². The van der Waals surface area contributed by atoms with E-state index in [0.29, 0.717) is 32.2 Å². The number of aryl methyl sites for hydroxylation is 1. The summed E-state index contributed by atoms with van der Waals surface area (Å²) in [5.74, 6) is 2.90. The predicted octanol–water partition coefficient (Wildman–Crippen LogP) is 7.17. The Labute approximate surface area is 316 Å². The number of carbonyl (C=O) groups is 1. The van der Waals surface area contributed by atoms with Crippen LogP contribution in [0.4, 0.5) is 0 Å². The van der Waals surface area contributed by atoms with Gasteiger partial charge in [-0.3, -0.25) is 10.1 Å². The van der Waals surface area contributed by atoms with Gasteiger partial charge < -0.3 is 19.1 Å². The van der Waals surface area contributed by atoms with Crippen LogP contribution in [0.3, 0.4) is 0 Å². The Morgan fingerprint density at radius 1 is 0.755 bits per heavy atom.